The van der Waals surface area contributed by atoms with Crippen LogP contribution in [0.15, 0.2) is 18.2 Å². The van der Waals surface area contributed by atoms with Crippen molar-refractivity contribution in [2.45, 2.75) is 18.0 Å². The number of hydrogen-bond donors (Lipinski definition) is 2. The largest absolute Gasteiger partial charge is 0.417 e. The average molecular weight is 280 g/mol. The third kappa shape index (κ3) is 2.11. The highest BCUT2D eigenvalue weighted by Gasteiger charge is 2.54. The molecule has 1 aliphatic carbocycles. The fourth-order valence-electron chi connectivity index (χ4n) is 2.39. The lowest BCUT2D eigenvalue weighted by Gasteiger charge is -2.18. The highest BCUT2D eigenvalue weighted by atomic mass is 35.5. The van der Waals surface area contributed by atoms with Gasteiger partial charge in [-0.25, -0.2) is 0 Å². The van der Waals surface area contributed by atoms with Gasteiger partial charge in [0.2, 0.25) is 0 Å². The Balaban J connectivity index is 2.42. The van der Waals surface area contributed by atoms with E-state index >= 15 is 0 Å². The van der Waals surface area contributed by atoms with Gasteiger partial charge in [0.1, 0.15) is 0 Å². The van der Waals surface area contributed by atoms with E-state index < -0.39 is 17.2 Å². The van der Waals surface area contributed by atoms with E-state index in [1.807, 2.05) is 0 Å². The van der Waals surface area contributed by atoms with Crippen LogP contribution in [0, 0.1) is 5.92 Å². The molecule has 6 heteroatoms. The summed E-state index contributed by atoms with van der Waals surface area (Å²) in [4.78, 5) is 0. The number of benzene rings is 1. The molecule has 1 saturated carbocycles. The summed E-state index contributed by atoms with van der Waals surface area (Å²) in [6, 6.07) is 3.84. The Morgan fingerprint density at radius 2 is 2.11 bits per heavy atom. The van der Waals surface area contributed by atoms with E-state index in [-0.39, 0.29) is 24.1 Å². The minimum atomic E-state index is -4.48. The minimum Gasteiger partial charge on any atom is -0.396 e. The fourth-order valence-corrected chi connectivity index (χ4v) is 2.62. The summed E-state index contributed by atoms with van der Waals surface area (Å²) in [6.45, 7) is 0.151. The first-order valence-electron chi connectivity index (χ1n) is 5.53. The maximum atomic E-state index is 12.8. The Morgan fingerprint density at radius 3 is 2.56 bits per heavy atom. The molecule has 2 nitrogen and oxygen atoms in total. The van der Waals surface area contributed by atoms with Gasteiger partial charge >= 0.3 is 6.18 Å². The van der Waals surface area contributed by atoms with E-state index in [0.717, 1.165) is 6.07 Å². The van der Waals surface area contributed by atoms with Crippen molar-refractivity contribution in [3.8, 4) is 0 Å². The van der Waals surface area contributed by atoms with Crippen molar-refractivity contribution < 1.29 is 18.3 Å². The van der Waals surface area contributed by atoms with E-state index in [9.17, 15) is 13.2 Å². The molecule has 3 N–H and O–H groups in total. The molecule has 0 amide bonds. The van der Waals surface area contributed by atoms with Gasteiger partial charge in [0.25, 0.3) is 0 Å². The molecule has 2 atom stereocenters. The Kier molecular flexibility index (Phi) is 3.34. The number of rotatable bonds is 3. The van der Waals surface area contributed by atoms with Gasteiger partial charge in [-0.05, 0) is 30.0 Å². The van der Waals surface area contributed by atoms with E-state index in [2.05, 4.69) is 0 Å². The maximum Gasteiger partial charge on any atom is 0.417 e. The summed E-state index contributed by atoms with van der Waals surface area (Å²) >= 11 is 5.56. The number of halogens is 4. The fraction of sp³-hybridized carbons (Fsp3) is 0.500. The van der Waals surface area contributed by atoms with Gasteiger partial charge in [-0.3, -0.25) is 0 Å². The van der Waals surface area contributed by atoms with Crippen molar-refractivity contribution in [3.63, 3.8) is 0 Å². The number of hydrogen-bond acceptors (Lipinski definition) is 2. The van der Waals surface area contributed by atoms with Crippen molar-refractivity contribution >= 4 is 11.6 Å². The van der Waals surface area contributed by atoms with Crippen molar-refractivity contribution in [3.05, 3.63) is 34.3 Å². The van der Waals surface area contributed by atoms with Crippen molar-refractivity contribution in [1.29, 1.82) is 0 Å². The zero-order chi connectivity index (χ0) is 13.6. The second-order valence-electron chi connectivity index (χ2n) is 4.64. The zero-order valence-corrected chi connectivity index (χ0v) is 10.2. The summed E-state index contributed by atoms with van der Waals surface area (Å²) in [5.74, 6) is -0.0650. The number of aliphatic hydroxyl groups excluding tert-OH is 1. The van der Waals surface area contributed by atoms with Gasteiger partial charge in [-0.15, -0.1) is 0 Å². The van der Waals surface area contributed by atoms with Crippen LogP contribution in [0.5, 0.6) is 0 Å². The van der Waals surface area contributed by atoms with E-state index in [0.29, 0.717) is 12.0 Å². The summed E-state index contributed by atoms with van der Waals surface area (Å²) in [5.41, 5.74) is 4.76. The summed E-state index contributed by atoms with van der Waals surface area (Å²) in [5, 5.41) is 8.79. The lowest BCUT2D eigenvalue weighted by atomic mass is 9.92. The molecular weight excluding hydrogens is 267 g/mol. The quantitative estimate of drug-likeness (QED) is 0.893. The summed E-state index contributed by atoms with van der Waals surface area (Å²) in [6.07, 6.45) is -3.87. The van der Waals surface area contributed by atoms with Crippen LogP contribution in [0.4, 0.5) is 13.2 Å². The molecule has 100 valence electrons. The van der Waals surface area contributed by atoms with E-state index in [1.165, 1.54) is 6.07 Å². The molecule has 0 aliphatic heterocycles. The maximum absolute atomic E-state index is 12.8. The van der Waals surface area contributed by atoms with Gasteiger partial charge in [0.05, 0.1) is 10.6 Å². The molecular formula is C12H13ClF3NO. The van der Waals surface area contributed by atoms with Crippen LogP contribution in [-0.4, -0.2) is 18.3 Å². The smallest absolute Gasteiger partial charge is 0.396 e. The Labute approximate surface area is 108 Å². The third-order valence-corrected chi connectivity index (χ3v) is 3.99. The highest BCUT2D eigenvalue weighted by molar-refractivity contribution is 6.31. The van der Waals surface area contributed by atoms with Crippen molar-refractivity contribution in [1.82, 2.24) is 0 Å². The normalized spacial score (nSPS) is 27.3. The predicted molar refractivity (Wildman–Crippen MR) is 62.4 cm³/mol. The minimum absolute atomic E-state index is 0.0650. The lowest BCUT2D eigenvalue weighted by Crippen LogP contribution is -2.24. The molecule has 1 aromatic carbocycles. The van der Waals surface area contributed by atoms with Crippen LogP contribution in [0.1, 0.15) is 17.5 Å². The highest BCUT2D eigenvalue weighted by Crippen LogP contribution is 2.54. The Hall–Kier alpha value is -0.780. The Morgan fingerprint density at radius 1 is 1.44 bits per heavy atom. The van der Waals surface area contributed by atoms with E-state index in [1.54, 1.807) is 6.07 Å². The molecule has 1 unspecified atom stereocenters. The first-order chi connectivity index (χ1) is 8.35. The average Bonchev–Trinajstić information content (AvgIpc) is 3.03. The molecule has 0 radical (unpaired) electrons. The molecule has 0 heterocycles. The van der Waals surface area contributed by atoms with Gasteiger partial charge in [-0.2, -0.15) is 13.2 Å². The van der Waals surface area contributed by atoms with Gasteiger partial charge in [-0.1, -0.05) is 17.7 Å². The van der Waals surface area contributed by atoms with Crippen molar-refractivity contribution in [2.75, 3.05) is 13.2 Å². The second kappa shape index (κ2) is 4.40. The first-order valence-corrected chi connectivity index (χ1v) is 5.91. The number of aliphatic hydroxyl groups is 1. The predicted octanol–water partition coefficient (Wildman–Crippen LogP) is 2.57. The molecule has 0 bridgehead atoms. The first kappa shape index (κ1) is 13.6. The number of nitrogens with two attached hydrogens (primary N) is 1. The van der Waals surface area contributed by atoms with Gasteiger partial charge < -0.3 is 10.8 Å². The van der Waals surface area contributed by atoms with Gasteiger partial charge in [0, 0.05) is 18.6 Å². The molecule has 0 spiro atoms. The zero-order valence-electron chi connectivity index (χ0n) is 9.47. The molecule has 1 aromatic rings. The number of alkyl halides is 3. The van der Waals surface area contributed by atoms with Crippen LogP contribution in [0.25, 0.3) is 0 Å². The summed E-state index contributed by atoms with van der Waals surface area (Å²) in [7, 11) is 0. The van der Waals surface area contributed by atoms with Crippen LogP contribution >= 0.6 is 11.6 Å². The molecule has 1 aliphatic rings. The molecule has 0 saturated heterocycles. The second-order valence-corrected chi connectivity index (χ2v) is 5.04. The third-order valence-electron chi connectivity index (χ3n) is 3.66. The standard InChI is InChI=1S/C12H13ClF3NO/c13-10-2-1-7(3-9(10)12(14,15)16)11(6-17)4-8(11)5-18/h1-3,8,18H,4-6,17H2/t8-,11?/m0/s1. The van der Waals surface area contributed by atoms with E-state index in [4.69, 9.17) is 22.4 Å². The summed E-state index contributed by atoms with van der Waals surface area (Å²) < 4.78 is 38.3. The molecule has 1 fully saturated rings. The monoisotopic (exact) mass is 279 g/mol. The van der Waals surface area contributed by atoms with Crippen molar-refractivity contribution in [2.24, 2.45) is 11.7 Å². The molecule has 18 heavy (non-hydrogen) atoms. The van der Waals surface area contributed by atoms with Crippen LogP contribution in [-0.2, 0) is 11.6 Å². The van der Waals surface area contributed by atoms with Crippen LogP contribution in [0.3, 0.4) is 0 Å². The molecule has 2 rings (SSSR count). The lowest BCUT2D eigenvalue weighted by molar-refractivity contribution is -0.137. The topological polar surface area (TPSA) is 46.2 Å². The Bertz CT molecular complexity index is 463. The van der Waals surface area contributed by atoms with Crippen LogP contribution < -0.4 is 5.73 Å². The SMILES string of the molecule is NCC1(c2ccc(Cl)c(C(F)(F)F)c2)C[C@H]1CO. The van der Waals surface area contributed by atoms with Gasteiger partial charge in [0.15, 0.2) is 0 Å². The molecule has 0 aromatic heterocycles. The van der Waals surface area contributed by atoms with Crippen LogP contribution in [0.2, 0.25) is 5.02 Å².